The molecular weight excluding hydrogens is 417 g/mol. The van der Waals surface area contributed by atoms with Gasteiger partial charge in [0, 0.05) is 42.7 Å². The molecule has 3 heterocycles. The second-order valence-electron chi connectivity index (χ2n) is 9.13. The second kappa shape index (κ2) is 8.63. The van der Waals surface area contributed by atoms with E-state index >= 15 is 0 Å². The average molecular weight is 448 g/mol. The predicted octanol–water partition coefficient (Wildman–Crippen LogP) is 2.28. The van der Waals surface area contributed by atoms with Crippen molar-refractivity contribution in [1.29, 1.82) is 0 Å². The van der Waals surface area contributed by atoms with E-state index in [-0.39, 0.29) is 17.8 Å². The number of rotatable bonds is 3. The SMILES string of the molecule is CCNC(=O)c1cc2/c(n3c1nc1ccc(F)cc13)=C/CC(C)/C=C\C=2N1CCC[C@@H](N)C1. The summed E-state index contributed by atoms with van der Waals surface area (Å²) in [6, 6.07) is 6.64. The molecule has 5 rings (SSSR count). The van der Waals surface area contributed by atoms with Crippen LogP contribution in [0.15, 0.2) is 36.4 Å². The Kier molecular flexibility index (Phi) is 5.66. The minimum atomic E-state index is -0.327. The molecule has 33 heavy (non-hydrogen) atoms. The largest absolute Gasteiger partial charge is 0.369 e. The maximum atomic E-state index is 14.3. The molecule has 1 saturated heterocycles. The third-order valence-electron chi connectivity index (χ3n) is 6.59. The highest BCUT2D eigenvalue weighted by molar-refractivity contribution is 6.01. The fraction of sp³-hybridized carbons (Fsp3) is 0.385. The van der Waals surface area contributed by atoms with Gasteiger partial charge >= 0.3 is 0 Å². The zero-order chi connectivity index (χ0) is 23.1. The highest BCUT2D eigenvalue weighted by atomic mass is 19.1. The first kappa shape index (κ1) is 21.6. The number of benzene rings is 1. The number of carbonyl (C=O) groups is 1. The number of nitrogens with two attached hydrogens (primary N) is 1. The average Bonchev–Trinajstić information content (AvgIpc) is 3.15. The van der Waals surface area contributed by atoms with Crippen LogP contribution in [0, 0.1) is 11.7 Å². The van der Waals surface area contributed by atoms with E-state index in [1.807, 2.05) is 17.4 Å². The first-order valence-electron chi connectivity index (χ1n) is 11.8. The van der Waals surface area contributed by atoms with Crippen molar-refractivity contribution in [1.82, 2.24) is 19.6 Å². The van der Waals surface area contributed by atoms with Gasteiger partial charge < -0.3 is 16.0 Å². The monoisotopic (exact) mass is 447 g/mol. The van der Waals surface area contributed by atoms with Crippen LogP contribution in [0.5, 0.6) is 0 Å². The molecule has 172 valence electrons. The van der Waals surface area contributed by atoms with Crippen molar-refractivity contribution in [2.24, 2.45) is 11.7 Å². The van der Waals surface area contributed by atoms with Gasteiger partial charge in [0.05, 0.1) is 21.9 Å². The van der Waals surface area contributed by atoms with Gasteiger partial charge in [-0.05, 0) is 56.4 Å². The normalized spacial score (nSPS) is 24.6. The summed E-state index contributed by atoms with van der Waals surface area (Å²) in [6.07, 6.45) is 9.45. The molecule has 3 N–H and O–H groups in total. The molecule has 0 spiro atoms. The maximum absolute atomic E-state index is 14.3. The van der Waals surface area contributed by atoms with Crippen molar-refractivity contribution < 1.29 is 9.18 Å². The summed E-state index contributed by atoms with van der Waals surface area (Å²) in [6.45, 7) is 6.27. The van der Waals surface area contributed by atoms with E-state index < -0.39 is 0 Å². The van der Waals surface area contributed by atoms with Crippen LogP contribution in [-0.4, -0.2) is 45.9 Å². The first-order valence-corrected chi connectivity index (χ1v) is 11.8. The van der Waals surface area contributed by atoms with Gasteiger partial charge in [0.25, 0.3) is 5.91 Å². The quantitative estimate of drug-likeness (QED) is 0.646. The molecule has 1 aliphatic heterocycles. The van der Waals surface area contributed by atoms with Gasteiger partial charge in [0.1, 0.15) is 5.82 Å². The molecule has 6 nitrogen and oxygen atoms in total. The summed E-state index contributed by atoms with van der Waals surface area (Å²) in [4.78, 5) is 20.2. The summed E-state index contributed by atoms with van der Waals surface area (Å²) in [5.74, 6) is -0.168. The Bertz CT molecular complexity index is 1390. The van der Waals surface area contributed by atoms with Gasteiger partial charge in [0.15, 0.2) is 5.65 Å². The van der Waals surface area contributed by atoms with Crippen molar-refractivity contribution in [2.75, 3.05) is 19.6 Å². The van der Waals surface area contributed by atoms with Crippen LogP contribution in [0.3, 0.4) is 0 Å². The zero-order valence-corrected chi connectivity index (χ0v) is 19.1. The van der Waals surface area contributed by atoms with Crippen LogP contribution in [-0.2, 0) is 0 Å². The molecular formula is C26H30FN5O. The smallest absolute Gasteiger partial charge is 0.255 e. The molecule has 2 atom stereocenters. The highest BCUT2D eigenvalue weighted by Gasteiger charge is 2.22. The minimum Gasteiger partial charge on any atom is -0.369 e. The van der Waals surface area contributed by atoms with E-state index in [0.717, 1.165) is 48.6 Å². The van der Waals surface area contributed by atoms with E-state index in [0.29, 0.717) is 34.7 Å². The van der Waals surface area contributed by atoms with Gasteiger partial charge in [0.2, 0.25) is 0 Å². The van der Waals surface area contributed by atoms with E-state index in [4.69, 9.17) is 10.7 Å². The molecule has 7 heteroatoms. The lowest BCUT2D eigenvalue weighted by Gasteiger charge is -2.34. The van der Waals surface area contributed by atoms with E-state index in [1.165, 1.54) is 12.1 Å². The molecule has 2 aliphatic rings. The fourth-order valence-electron chi connectivity index (χ4n) is 4.93. The molecule has 1 aliphatic carbocycles. The number of piperidine rings is 1. The Hall–Kier alpha value is -3.19. The van der Waals surface area contributed by atoms with Crippen LogP contribution < -0.4 is 21.6 Å². The van der Waals surface area contributed by atoms with Crippen LogP contribution in [0.1, 0.15) is 43.5 Å². The van der Waals surface area contributed by atoms with Gasteiger partial charge in [-0.2, -0.15) is 0 Å². The number of allylic oxidation sites excluding steroid dienone is 1. The van der Waals surface area contributed by atoms with Crippen LogP contribution in [0.25, 0.3) is 28.5 Å². The summed E-state index contributed by atoms with van der Waals surface area (Å²) in [7, 11) is 0. The molecule has 0 saturated carbocycles. The minimum absolute atomic E-state index is 0.115. The summed E-state index contributed by atoms with van der Waals surface area (Å²) < 4.78 is 16.3. The number of aromatic nitrogens is 2. The number of imidazole rings is 1. The number of fused-ring (bicyclic) bond motifs is 5. The second-order valence-corrected chi connectivity index (χ2v) is 9.13. The third-order valence-corrected chi connectivity index (χ3v) is 6.59. The number of carbonyl (C=O) groups excluding carboxylic acids is 1. The number of likely N-dealkylation sites (tertiary alicyclic amines) is 1. The lowest BCUT2D eigenvalue weighted by molar-refractivity contribution is 0.0957. The first-order chi connectivity index (χ1) is 16.0. The van der Waals surface area contributed by atoms with E-state index in [1.54, 1.807) is 6.07 Å². The molecule has 1 fully saturated rings. The number of nitrogens with one attached hydrogen (secondary N) is 1. The van der Waals surface area contributed by atoms with Crippen LogP contribution in [0.4, 0.5) is 4.39 Å². The van der Waals surface area contributed by atoms with Crippen molar-refractivity contribution in [2.45, 2.75) is 39.2 Å². The number of hydrogen-bond donors (Lipinski definition) is 2. The molecule has 0 radical (unpaired) electrons. The Morgan fingerprint density at radius 3 is 2.97 bits per heavy atom. The summed E-state index contributed by atoms with van der Waals surface area (Å²) in [5, 5.41) is 4.81. The standard InChI is InChI=1S/C26H30FN5O/c1-3-29-26(33)20-14-19-22(31-12-4-5-18(28)15-31)10-6-16(2)7-11-23(19)32-24-13-17(27)8-9-21(24)30-25(20)32/h6,8-11,13-14,16,18H,3-5,7,12,15,28H2,1-2H3,(H,29,33)/b10-6-,22-19+,23-11-/t16?,18-/m1/s1. The van der Waals surface area contributed by atoms with Gasteiger partial charge in [-0.3, -0.25) is 9.20 Å². The van der Waals surface area contributed by atoms with Crippen LogP contribution in [0.2, 0.25) is 0 Å². The predicted molar refractivity (Wildman–Crippen MR) is 129 cm³/mol. The zero-order valence-electron chi connectivity index (χ0n) is 19.1. The number of halogens is 1. The molecule has 1 unspecified atom stereocenters. The van der Waals surface area contributed by atoms with Crippen molar-refractivity contribution in [3.63, 3.8) is 0 Å². The van der Waals surface area contributed by atoms with Gasteiger partial charge in [-0.15, -0.1) is 0 Å². The van der Waals surface area contributed by atoms with E-state index in [2.05, 4.69) is 35.4 Å². The number of nitrogens with zero attached hydrogens (tertiary/aromatic N) is 3. The fourth-order valence-corrected chi connectivity index (χ4v) is 4.93. The molecule has 3 aromatic rings. The maximum Gasteiger partial charge on any atom is 0.255 e. The molecule has 0 bridgehead atoms. The third kappa shape index (κ3) is 3.91. The van der Waals surface area contributed by atoms with Crippen LogP contribution >= 0.6 is 0 Å². The summed E-state index contributed by atoms with van der Waals surface area (Å²) in [5.41, 5.74) is 9.73. The Labute approximate surface area is 192 Å². The lowest BCUT2D eigenvalue weighted by atomic mass is 10.00. The molecule has 2 aromatic heterocycles. The van der Waals surface area contributed by atoms with Gasteiger partial charge in [-0.1, -0.05) is 19.1 Å². The highest BCUT2D eigenvalue weighted by Crippen LogP contribution is 2.21. The Morgan fingerprint density at radius 2 is 2.18 bits per heavy atom. The van der Waals surface area contributed by atoms with Crippen molar-refractivity contribution >= 4 is 34.4 Å². The number of pyridine rings is 1. The lowest BCUT2D eigenvalue weighted by Crippen LogP contribution is -2.46. The number of hydrogen-bond acceptors (Lipinski definition) is 4. The Morgan fingerprint density at radius 1 is 1.33 bits per heavy atom. The molecule has 1 aromatic carbocycles. The van der Waals surface area contributed by atoms with Crippen molar-refractivity contribution in [3.05, 3.63) is 58.4 Å². The number of amides is 1. The Balaban J connectivity index is 1.95. The van der Waals surface area contributed by atoms with Gasteiger partial charge in [-0.25, -0.2) is 9.37 Å². The van der Waals surface area contributed by atoms with Crippen molar-refractivity contribution in [3.8, 4) is 0 Å². The summed E-state index contributed by atoms with van der Waals surface area (Å²) >= 11 is 0. The van der Waals surface area contributed by atoms with E-state index in [9.17, 15) is 9.18 Å². The topological polar surface area (TPSA) is 75.7 Å². The molecule has 1 amide bonds.